The number of hydrogen-bond donors (Lipinski definition) is 0. The van der Waals surface area contributed by atoms with E-state index in [0.29, 0.717) is 17.8 Å². The highest BCUT2D eigenvalue weighted by atomic mass is 16.6. The normalized spacial score (nSPS) is 58.6. The van der Waals surface area contributed by atoms with Crippen molar-refractivity contribution >= 4 is 5.97 Å². The first-order valence-corrected chi connectivity index (χ1v) is 12.5. The minimum atomic E-state index is -0.139. The fourth-order valence-electron chi connectivity index (χ4n) is 9.87. The van der Waals surface area contributed by atoms with E-state index in [4.69, 9.17) is 4.74 Å². The summed E-state index contributed by atoms with van der Waals surface area (Å²) in [6.45, 7) is 6.31. The predicted octanol–water partition coefficient (Wildman–Crippen LogP) is 5.86. The smallest absolute Gasteiger partial charge is 0.309 e. The third-order valence-electron chi connectivity index (χ3n) is 10.7. The van der Waals surface area contributed by atoms with E-state index >= 15 is 0 Å². The maximum absolute atomic E-state index is 13.4. The van der Waals surface area contributed by atoms with E-state index in [2.05, 4.69) is 19.1 Å². The molecule has 0 aliphatic heterocycles. The molecule has 2 nitrogen and oxygen atoms in total. The first kappa shape index (κ1) is 18.0. The van der Waals surface area contributed by atoms with Gasteiger partial charge < -0.3 is 4.74 Å². The van der Waals surface area contributed by atoms with Gasteiger partial charge >= 0.3 is 5.97 Å². The van der Waals surface area contributed by atoms with E-state index in [-0.39, 0.29) is 17.5 Å². The van der Waals surface area contributed by atoms with E-state index in [9.17, 15) is 4.79 Å². The Bertz CT molecular complexity index is 665. The van der Waals surface area contributed by atoms with Crippen LogP contribution in [-0.2, 0) is 9.53 Å². The Labute approximate surface area is 170 Å². The average molecular weight is 383 g/mol. The molecular formula is C26H38O2. The Balaban J connectivity index is 0.000000756. The summed E-state index contributed by atoms with van der Waals surface area (Å²) >= 11 is 0. The maximum atomic E-state index is 13.4. The second-order valence-corrected chi connectivity index (χ2v) is 11.5. The summed E-state index contributed by atoms with van der Waals surface area (Å²) in [4.78, 5) is 13.4. The lowest BCUT2D eigenvalue weighted by atomic mass is 9.50. The molecule has 7 fully saturated rings. The van der Waals surface area contributed by atoms with Gasteiger partial charge in [0.05, 0.1) is 5.92 Å². The van der Waals surface area contributed by atoms with Gasteiger partial charge in [-0.05, 0) is 117 Å². The van der Waals surface area contributed by atoms with Crippen LogP contribution >= 0.6 is 0 Å². The molecule has 8 rings (SSSR count). The lowest BCUT2D eigenvalue weighted by Gasteiger charge is -2.59. The van der Waals surface area contributed by atoms with E-state index in [1.807, 2.05) is 13.8 Å². The van der Waals surface area contributed by atoms with Crippen LogP contribution in [0.1, 0.15) is 72.1 Å². The zero-order chi connectivity index (χ0) is 19.2. The van der Waals surface area contributed by atoms with E-state index in [1.54, 1.807) is 0 Å². The zero-order valence-corrected chi connectivity index (χ0v) is 18.0. The van der Waals surface area contributed by atoms with Crippen molar-refractivity contribution in [2.75, 3.05) is 0 Å². The van der Waals surface area contributed by atoms with E-state index < -0.39 is 0 Å². The fraction of sp³-hybridized carbons (Fsp3) is 0.885. The number of carbonyl (C=O) groups is 1. The summed E-state index contributed by atoms with van der Waals surface area (Å²) in [5.74, 6) is 8.42. The van der Waals surface area contributed by atoms with Gasteiger partial charge in [0, 0.05) is 0 Å². The van der Waals surface area contributed by atoms with Crippen molar-refractivity contribution in [1.29, 1.82) is 0 Å². The molecule has 7 unspecified atom stereocenters. The lowest BCUT2D eigenvalue weighted by molar-refractivity contribution is -0.209. The van der Waals surface area contributed by atoms with Crippen molar-refractivity contribution in [3.05, 3.63) is 12.2 Å². The molecule has 2 heteroatoms. The van der Waals surface area contributed by atoms with Crippen molar-refractivity contribution < 1.29 is 9.53 Å². The monoisotopic (exact) mass is 382 g/mol. The van der Waals surface area contributed by atoms with Crippen LogP contribution in [0.15, 0.2) is 12.2 Å². The topological polar surface area (TPSA) is 26.3 Å². The Kier molecular flexibility index (Phi) is 3.93. The van der Waals surface area contributed by atoms with Gasteiger partial charge in [-0.2, -0.15) is 0 Å². The summed E-state index contributed by atoms with van der Waals surface area (Å²) in [5, 5.41) is 0. The SMILES string of the molecule is CC.CC1(OC(=O)C2CC3CC2C2C4C=CC(C4)C32)C2CC3CC(C2)CC1C3. The predicted molar refractivity (Wildman–Crippen MR) is 110 cm³/mol. The minimum absolute atomic E-state index is 0.139. The summed E-state index contributed by atoms with van der Waals surface area (Å²) in [6.07, 6.45) is 15.6. The van der Waals surface area contributed by atoms with Gasteiger partial charge in [0.1, 0.15) is 5.60 Å². The zero-order valence-electron chi connectivity index (χ0n) is 18.0. The van der Waals surface area contributed by atoms with Crippen molar-refractivity contribution in [2.45, 2.75) is 77.7 Å². The van der Waals surface area contributed by atoms with Crippen LogP contribution in [0.5, 0.6) is 0 Å². The maximum Gasteiger partial charge on any atom is 0.309 e. The number of esters is 1. The van der Waals surface area contributed by atoms with Crippen LogP contribution in [0.4, 0.5) is 0 Å². The van der Waals surface area contributed by atoms with Crippen LogP contribution in [-0.4, -0.2) is 11.6 Å². The van der Waals surface area contributed by atoms with E-state index in [1.165, 1.54) is 44.9 Å². The first-order valence-electron chi connectivity index (χ1n) is 12.5. The van der Waals surface area contributed by atoms with Crippen molar-refractivity contribution in [3.63, 3.8) is 0 Å². The van der Waals surface area contributed by atoms with E-state index in [0.717, 1.165) is 47.8 Å². The standard InChI is InChI=1S/C24H32O2.C2H6/c1-24(17-5-12-4-13(7-17)8-18(24)6-12)26-23(25)20-11-16-10-19(20)22-15-3-2-14(9-15)21(16)22;1-2/h2-3,12-22H,4-11H2,1H3;1-2H3. The fourth-order valence-corrected chi connectivity index (χ4v) is 9.87. The van der Waals surface area contributed by atoms with Gasteiger partial charge in [0.25, 0.3) is 0 Å². The molecule has 8 aliphatic rings. The number of ether oxygens (including phenoxy) is 1. The molecule has 0 amide bonds. The summed E-state index contributed by atoms with van der Waals surface area (Å²) in [5.41, 5.74) is -0.139. The van der Waals surface area contributed by atoms with Gasteiger partial charge in [-0.3, -0.25) is 4.79 Å². The quantitative estimate of drug-likeness (QED) is 0.339. The molecule has 0 N–H and O–H groups in total. The molecular weight excluding hydrogens is 344 g/mol. The van der Waals surface area contributed by atoms with Crippen LogP contribution in [0.2, 0.25) is 0 Å². The van der Waals surface area contributed by atoms with Crippen LogP contribution in [0.25, 0.3) is 0 Å². The Morgan fingerprint density at radius 1 is 0.821 bits per heavy atom. The Hall–Kier alpha value is -0.790. The summed E-state index contributed by atoms with van der Waals surface area (Å²) < 4.78 is 6.52. The minimum Gasteiger partial charge on any atom is -0.459 e. The van der Waals surface area contributed by atoms with Crippen LogP contribution < -0.4 is 0 Å². The summed E-state index contributed by atoms with van der Waals surface area (Å²) in [7, 11) is 0. The summed E-state index contributed by atoms with van der Waals surface area (Å²) in [6, 6.07) is 0. The molecule has 0 spiro atoms. The molecule has 7 atom stereocenters. The van der Waals surface area contributed by atoms with Crippen molar-refractivity contribution in [3.8, 4) is 0 Å². The number of hydrogen-bond acceptors (Lipinski definition) is 2. The number of rotatable bonds is 2. The average Bonchev–Trinajstić information content (AvgIpc) is 3.46. The highest BCUT2D eigenvalue weighted by Crippen LogP contribution is 2.67. The van der Waals surface area contributed by atoms with Crippen LogP contribution in [0, 0.1) is 65.1 Å². The molecule has 0 saturated heterocycles. The molecule has 0 aromatic rings. The second kappa shape index (κ2) is 6.11. The lowest BCUT2D eigenvalue weighted by Crippen LogP contribution is -2.58. The van der Waals surface area contributed by atoms with Gasteiger partial charge in [-0.25, -0.2) is 0 Å². The molecule has 8 aliphatic carbocycles. The molecule has 7 saturated carbocycles. The third kappa shape index (κ3) is 2.24. The van der Waals surface area contributed by atoms with Gasteiger partial charge in [0.15, 0.2) is 0 Å². The molecule has 154 valence electrons. The first-order chi connectivity index (χ1) is 13.6. The van der Waals surface area contributed by atoms with Gasteiger partial charge in [-0.1, -0.05) is 26.0 Å². The largest absolute Gasteiger partial charge is 0.459 e. The molecule has 0 aromatic heterocycles. The molecule has 0 heterocycles. The van der Waals surface area contributed by atoms with Crippen molar-refractivity contribution in [2.24, 2.45) is 65.1 Å². The second-order valence-electron chi connectivity index (χ2n) is 11.5. The molecule has 0 aromatic carbocycles. The molecule has 28 heavy (non-hydrogen) atoms. The van der Waals surface area contributed by atoms with Crippen molar-refractivity contribution in [1.82, 2.24) is 0 Å². The number of carbonyl (C=O) groups excluding carboxylic acids is 1. The highest BCUT2D eigenvalue weighted by Gasteiger charge is 2.64. The number of allylic oxidation sites excluding steroid dienone is 2. The highest BCUT2D eigenvalue weighted by molar-refractivity contribution is 5.74. The third-order valence-corrected chi connectivity index (χ3v) is 10.7. The van der Waals surface area contributed by atoms with Crippen LogP contribution in [0.3, 0.4) is 0 Å². The Morgan fingerprint density at radius 3 is 2.07 bits per heavy atom. The Morgan fingerprint density at radius 2 is 1.43 bits per heavy atom. The molecule has 8 bridgehead atoms. The van der Waals surface area contributed by atoms with Gasteiger partial charge in [-0.15, -0.1) is 0 Å². The molecule has 0 radical (unpaired) electrons. The van der Waals surface area contributed by atoms with Gasteiger partial charge in [0.2, 0.25) is 0 Å². The number of fused-ring (bicyclic) bond motifs is 9.